The molecule has 2 aliphatic rings. The van der Waals surface area contributed by atoms with Crippen LogP contribution in [-0.2, 0) is 4.79 Å². The summed E-state index contributed by atoms with van der Waals surface area (Å²) in [7, 11) is 4.11. The predicted molar refractivity (Wildman–Crippen MR) is 64.0 cm³/mol. The average molecular weight is 225 g/mol. The lowest BCUT2D eigenvalue weighted by Gasteiger charge is -2.31. The molecule has 4 nitrogen and oxygen atoms in total. The molecule has 2 unspecified atom stereocenters. The Morgan fingerprint density at radius 2 is 2.19 bits per heavy atom. The summed E-state index contributed by atoms with van der Waals surface area (Å²) in [6, 6.07) is 0.292. The average Bonchev–Trinajstić information content (AvgIpc) is 2.89. The third-order valence-electron chi connectivity index (χ3n) is 3.66. The fraction of sp³-hybridized carbons (Fsp3) is 0.917. The molecule has 0 aromatic heterocycles. The van der Waals surface area contributed by atoms with E-state index < -0.39 is 0 Å². The topological polar surface area (TPSA) is 35.6 Å². The molecule has 1 saturated heterocycles. The number of carbonyl (C=O) groups excluding carboxylic acids is 1. The molecule has 0 aromatic rings. The Kier molecular flexibility index (Phi) is 2.97. The van der Waals surface area contributed by atoms with Crippen LogP contribution >= 0.6 is 0 Å². The minimum Gasteiger partial charge on any atom is -0.322 e. The second-order valence-corrected chi connectivity index (χ2v) is 5.47. The number of amides is 1. The normalized spacial score (nSPS) is 29.2. The van der Waals surface area contributed by atoms with Gasteiger partial charge in [0.1, 0.15) is 0 Å². The molecule has 1 aliphatic heterocycles. The number of hydrogen-bond acceptors (Lipinski definition) is 3. The van der Waals surface area contributed by atoms with Crippen LogP contribution in [-0.4, -0.2) is 54.1 Å². The molecule has 16 heavy (non-hydrogen) atoms. The molecule has 1 spiro atoms. The molecule has 1 N–H and O–H groups in total. The summed E-state index contributed by atoms with van der Waals surface area (Å²) in [6.07, 6.45) is 3.27. The maximum Gasteiger partial charge on any atom is 0.244 e. The fourth-order valence-corrected chi connectivity index (χ4v) is 2.74. The summed E-state index contributed by atoms with van der Waals surface area (Å²) in [6.45, 7) is 5.21. The Balaban J connectivity index is 2.09. The second kappa shape index (κ2) is 4.00. The Bertz CT molecular complexity index is 286. The smallest absolute Gasteiger partial charge is 0.244 e. The first-order valence-electron chi connectivity index (χ1n) is 6.25. The van der Waals surface area contributed by atoms with Gasteiger partial charge in [-0.05, 0) is 40.3 Å². The highest BCUT2D eigenvalue weighted by atomic mass is 16.2. The highest BCUT2D eigenvalue weighted by Gasteiger charge is 2.59. The number of nitrogens with one attached hydrogen (secondary N) is 1. The molecule has 0 bridgehead atoms. The maximum atomic E-state index is 12.3. The van der Waals surface area contributed by atoms with E-state index in [2.05, 4.69) is 43.1 Å². The number of hydrogen-bond donors (Lipinski definition) is 1. The van der Waals surface area contributed by atoms with Crippen LogP contribution in [0.25, 0.3) is 0 Å². The van der Waals surface area contributed by atoms with Crippen molar-refractivity contribution in [3.63, 3.8) is 0 Å². The lowest BCUT2D eigenvalue weighted by Crippen LogP contribution is -2.47. The van der Waals surface area contributed by atoms with Gasteiger partial charge in [0.15, 0.2) is 0 Å². The zero-order valence-corrected chi connectivity index (χ0v) is 10.8. The monoisotopic (exact) mass is 225 g/mol. The van der Waals surface area contributed by atoms with Crippen LogP contribution in [0.5, 0.6) is 0 Å². The standard InChI is InChI=1S/C12H23N3O/c1-5-10-13-12(6-7-12)11(16)15(10)9(2)8-14(3)4/h9-10,13H,5-8H2,1-4H3. The molecule has 92 valence electrons. The lowest BCUT2D eigenvalue weighted by atomic mass is 10.2. The van der Waals surface area contributed by atoms with E-state index in [1.807, 2.05) is 0 Å². The van der Waals surface area contributed by atoms with E-state index >= 15 is 0 Å². The van der Waals surface area contributed by atoms with Crippen LogP contribution in [0.15, 0.2) is 0 Å². The Labute approximate surface area is 98.0 Å². The second-order valence-electron chi connectivity index (χ2n) is 5.47. The van der Waals surface area contributed by atoms with Crippen molar-refractivity contribution in [2.45, 2.75) is 50.9 Å². The molecule has 0 aromatic carbocycles. The summed E-state index contributed by atoms with van der Waals surface area (Å²) in [4.78, 5) is 16.5. The van der Waals surface area contributed by atoms with Crippen LogP contribution in [0.2, 0.25) is 0 Å². The summed E-state index contributed by atoms with van der Waals surface area (Å²) in [5.74, 6) is 0.328. The van der Waals surface area contributed by atoms with Gasteiger partial charge < -0.3 is 9.80 Å². The first-order valence-corrected chi connectivity index (χ1v) is 6.25. The SMILES string of the molecule is CCC1NC2(CC2)C(=O)N1C(C)CN(C)C. The van der Waals surface area contributed by atoms with Crippen LogP contribution in [0, 0.1) is 0 Å². The van der Waals surface area contributed by atoms with Gasteiger partial charge in [0.05, 0.1) is 11.7 Å². The van der Waals surface area contributed by atoms with E-state index in [1.54, 1.807) is 0 Å². The van der Waals surface area contributed by atoms with Crippen LogP contribution < -0.4 is 5.32 Å². The fourth-order valence-electron chi connectivity index (χ4n) is 2.74. The van der Waals surface area contributed by atoms with E-state index in [1.165, 1.54) is 0 Å². The van der Waals surface area contributed by atoms with Gasteiger partial charge >= 0.3 is 0 Å². The minimum atomic E-state index is -0.165. The van der Waals surface area contributed by atoms with E-state index in [-0.39, 0.29) is 11.7 Å². The quantitative estimate of drug-likeness (QED) is 0.762. The van der Waals surface area contributed by atoms with Gasteiger partial charge in [-0.25, -0.2) is 0 Å². The van der Waals surface area contributed by atoms with Crippen molar-refractivity contribution in [1.29, 1.82) is 0 Å². The number of likely N-dealkylation sites (N-methyl/N-ethyl adjacent to an activating group) is 1. The van der Waals surface area contributed by atoms with E-state index in [4.69, 9.17) is 0 Å². The molecule has 2 rings (SSSR count). The van der Waals surface area contributed by atoms with Gasteiger partial charge in [-0.15, -0.1) is 0 Å². The molecule has 1 saturated carbocycles. The van der Waals surface area contributed by atoms with Gasteiger partial charge in [0.25, 0.3) is 0 Å². The summed E-state index contributed by atoms with van der Waals surface area (Å²) < 4.78 is 0. The van der Waals surface area contributed by atoms with Crippen molar-refractivity contribution in [3.05, 3.63) is 0 Å². The molecule has 1 heterocycles. The van der Waals surface area contributed by atoms with Crippen molar-refractivity contribution in [2.75, 3.05) is 20.6 Å². The maximum absolute atomic E-state index is 12.3. The number of rotatable bonds is 4. The van der Waals surface area contributed by atoms with E-state index in [0.29, 0.717) is 11.9 Å². The van der Waals surface area contributed by atoms with E-state index in [0.717, 1.165) is 25.8 Å². The Morgan fingerprint density at radius 3 is 2.62 bits per heavy atom. The van der Waals surface area contributed by atoms with Crippen LogP contribution in [0.4, 0.5) is 0 Å². The summed E-state index contributed by atoms with van der Waals surface area (Å²) in [5, 5.41) is 3.50. The van der Waals surface area contributed by atoms with E-state index in [9.17, 15) is 4.79 Å². The lowest BCUT2D eigenvalue weighted by molar-refractivity contribution is -0.133. The van der Waals surface area contributed by atoms with Gasteiger partial charge in [-0.3, -0.25) is 10.1 Å². The van der Waals surface area contributed by atoms with Gasteiger partial charge in [-0.2, -0.15) is 0 Å². The summed E-state index contributed by atoms with van der Waals surface area (Å²) >= 11 is 0. The number of nitrogens with zero attached hydrogens (tertiary/aromatic N) is 2. The van der Waals surface area contributed by atoms with Crippen molar-refractivity contribution in [2.24, 2.45) is 0 Å². The third kappa shape index (κ3) is 1.84. The predicted octanol–water partition coefficient (Wildman–Crippen LogP) is 0.637. The largest absolute Gasteiger partial charge is 0.322 e. The molecule has 1 aliphatic carbocycles. The number of carbonyl (C=O) groups is 1. The zero-order chi connectivity index (χ0) is 11.9. The Morgan fingerprint density at radius 1 is 1.56 bits per heavy atom. The molecular weight excluding hydrogens is 202 g/mol. The first-order chi connectivity index (χ1) is 7.50. The van der Waals surface area contributed by atoms with Crippen LogP contribution in [0.3, 0.4) is 0 Å². The van der Waals surface area contributed by atoms with Crippen molar-refractivity contribution in [3.8, 4) is 0 Å². The van der Waals surface area contributed by atoms with Crippen molar-refractivity contribution in [1.82, 2.24) is 15.1 Å². The van der Waals surface area contributed by atoms with Crippen LogP contribution in [0.1, 0.15) is 33.1 Å². The molecular formula is C12H23N3O. The van der Waals surface area contributed by atoms with Gasteiger partial charge in [-0.1, -0.05) is 6.92 Å². The Hall–Kier alpha value is -0.610. The molecule has 2 atom stereocenters. The third-order valence-corrected chi connectivity index (χ3v) is 3.66. The minimum absolute atomic E-state index is 0.165. The molecule has 4 heteroatoms. The summed E-state index contributed by atoms with van der Waals surface area (Å²) in [5.41, 5.74) is -0.165. The molecule has 1 amide bonds. The first kappa shape index (κ1) is 11.9. The zero-order valence-electron chi connectivity index (χ0n) is 10.8. The molecule has 2 fully saturated rings. The van der Waals surface area contributed by atoms with Crippen molar-refractivity contribution < 1.29 is 4.79 Å². The van der Waals surface area contributed by atoms with Gasteiger partial charge in [0.2, 0.25) is 5.91 Å². The van der Waals surface area contributed by atoms with Gasteiger partial charge in [0, 0.05) is 12.6 Å². The molecule has 0 radical (unpaired) electrons. The van der Waals surface area contributed by atoms with Crippen molar-refractivity contribution >= 4 is 5.91 Å². The highest BCUT2D eigenvalue weighted by molar-refractivity contribution is 5.92. The highest BCUT2D eigenvalue weighted by Crippen LogP contribution is 2.43.